The molecule has 2 aliphatic rings. The number of carbonyl (C=O) groups is 1. The lowest BCUT2D eigenvalue weighted by Gasteiger charge is -2.36. The molecule has 1 aliphatic carbocycles. The van der Waals surface area contributed by atoms with Crippen molar-refractivity contribution in [3.8, 4) is 5.75 Å². The number of carbonyl (C=O) groups excluding carboxylic acids is 1. The van der Waals surface area contributed by atoms with Crippen molar-refractivity contribution < 1.29 is 9.53 Å². The lowest BCUT2D eigenvalue weighted by Crippen LogP contribution is -2.59. The molecule has 0 radical (unpaired) electrons. The SMILES string of the molecule is O=C(NC1CNC1)[C@H]1C[C@H](Oc2cccc3scnc23)C1. The minimum Gasteiger partial charge on any atom is -0.488 e. The van der Waals surface area contributed by atoms with Gasteiger partial charge >= 0.3 is 0 Å². The summed E-state index contributed by atoms with van der Waals surface area (Å²) in [6.07, 6.45) is 1.73. The molecular weight excluding hydrogens is 286 g/mol. The molecule has 6 heteroatoms. The van der Waals surface area contributed by atoms with Gasteiger partial charge in [-0.15, -0.1) is 11.3 Å². The van der Waals surface area contributed by atoms with E-state index in [1.165, 1.54) is 0 Å². The summed E-state index contributed by atoms with van der Waals surface area (Å²) in [6, 6.07) is 6.31. The lowest BCUT2D eigenvalue weighted by molar-refractivity contribution is -0.131. The molecule has 0 atom stereocenters. The number of nitrogens with zero attached hydrogens (tertiary/aromatic N) is 1. The van der Waals surface area contributed by atoms with Gasteiger partial charge in [-0.05, 0) is 25.0 Å². The van der Waals surface area contributed by atoms with Gasteiger partial charge in [0.15, 0.2) is 0 Å². The Morgan fingerprint density at radius 3 is 3.00 bits per heavy atom. The summed E-state index contributed by atoms with van der Waals surface area (Å²) in [4.78, 5) is 16.3. The fraction of sp³-hybridized carbons (Fsp3) is 0.467. The maximum atomic E-state index is 12.0. The number of ether oxygens (including phenoxy) is 1. The summed E-state index contributed by atoms with van der Waals surface area (Å²) in [7, 11) is 0. The number of aromatic nitrogens is 1. The molecule has 1 saturated heterocycles. The zero-order valence-corrected chi connectivity index (χ0v) is 12.4. The Morgan fingerprint density at radius 1 is 1.38 bits per heavy atom. The smallest absolute Gasteiger partial charge is 0.223 e. The fourth-order valence-corrected chi connectivity index (χ4v) is 3.41. The molecule has 2 aromatic rings. The van der Waals surface area contributed by atoms with Crippen LogP contribution in [0.3, 0.4) is 0 Å². The fourth-order valence-electron chi connectivity index (χ4n) is 2.72. The Bertz CT molecular complexity index is 662. The molecule has 4 rings (SSSR count). The molecule has 110 valence electrons. The van der Waals surface area contributed by atoms with Crippen LogP contribution in [-0.2, 0) is 4.79 Å². The molecule has 2 fully saturated rings. The molecule has 1 saturated carbocycles. The van der Waals surface area contributed by atoms with E-state index in [9.17, 15) is 4.79 Å². The molecule has 2 N–H and O–H groups in total. The van der Waals surface area contributed by atoms with E-state index in [0.29, 0.717) is 6.04 Å². The Morgan fingerprint density at radius 2 is 2.24 bits per heavy atom. The van der Waals surface area contributed by atoms with Gasteiger partial charge in [0.25, 0.3) is 0 Å². The number of para-hydroxylation sites is 1. The molecule has 0 unspecified atom stereocenters. The molecule has 5 nitrogen and oxygen atoms in total. The highest BCUT2D eigenvalue weighted by atomic mass is 32.1. The van der Waals surface area contributed by atoms with Crippen molar-refractivity contribution in [3.05, 3.63) is 23.7 Å². The molecule has 1 aliphatic heterocycles. The van der Waals surface area contributed by atoms with Crippen LogP contribution >= 0.6 is 11.3 Å². The Labute approximate surface area is 126 Å². The third kappa shape index (κ3) is 2.49. The third-order valence-electron chi connectivity index (χ3n) is 4.21. The van der Waals surface area contributed by atoms with E-state index < -0.39 is 0 Å². The molecule has 0 bridgehead atoms. The molecule has 1 aromatic heterocycles. The predicted molar refractivity (Wildman–Crippen MR) is 81.6 cm³/mol. The summed E-state index contributed by atoms with van der Waals surface area (Å²) in [5.41, 5.74) is 2.76. The number of hydrogen-bond acceptors (Lipinski definition) is 5. The van der Waals surface area contributed by atoms with Gasteiger partial charge in [-0.3, -0.25) is 4.79 Å². The molecular formula is C15H17N3O2S. The largest absolute Gasteiger partial charge is 0.488 e. The van der Waals surface area contributed by atoms with E-state index in [1.54, 1.807) is 11.3 Å². The minimum absolute atomic E-state index is 0.102. The standard InChI is InChI=1S/C15H17N3O2S/c19-15(18-10-6-16-7-10)9-4-11(5-9)20-12-2-1-3-13-14(12)17-8-21-13/h1-3,8-11,16H,4-7H2,(H,18,19)/t9-,11-. The molecule has 1 aromatic carbocycles. The first kappa shape index (κ1) is 13.0. The number of hydrogen-bond donors (Lipinski definition) is 2. The van der Waals surface area contributed by atoms with E-state index in [2.05, 4.69) is 15.6 Å². The molecule has 2 heterocycles. The highest BCUT2D eigenvalue weighted by Gasteiger charge is 2.37. The Kier molecular flexibility index (Phi) is 3.27. The second kappa shape index (κ2) is 5.27. The van der Waals surface area contributed by atoms with E-state index >= 15 is 0 Å². The molecule has 1 amide bonds. The average molecular weight is 303 g/mol. The number of thiazole rings is 1. The number of fused-ring (bicyclic) bond motifs is 1. The number of nitrogens with one attached hydrogen (secondary N) is 2. The van der Waals surface area contributed by atoms with Crippen molar-refractivity contribution in [1.29, 1.82) is 0 Å². The van der Waals surface area contributed by atoms with Crippen molar-refractivity contribution in [1.82, 2.24) is 15.6 Å². The van der Waals surface area contributed by atoms with Crippen molar-refractivity contribution in [3.63, 3.8) is 0 Å². The average Bonchev–Trinajstić information content (AvgIpc) is 2.86. The highest BCUT2D eigenvalue weighted by Crippen LogP contribution is 2.34. The van der Waals surface area contributed by atoms with Gasteiger partial charge < -0.3 is 15.4 Å². The first-order chi connectivity index (χ1) is 10.3. The zero-order chi connectivity index (χ0) is 14.2. The van der Waals surface area contributed by atoms with E-state index in [0.717, 1.165) is 41.9 Å². The molecule has 21 heavy (non-hydrogen) atoms. The maximum absolute atomic E-state index is 12.0. The van der Waals surface area contributed by atoms with E-state index in [1.807, 2.05) is 23.7 Å². The molecule has 0 spiro atoms. The van der Waals surface area contributed by atoms with Crippen LogP contribution in [0.5, 0.6) is 5.75 Å². The van der Waals surface area contributed by atoms with Crippen molar-refractivity contribution in [2.75, 3.05) is 13.1 Å². The van der Waals surface area contributed by atoms with Gasteiger partial charge in [0, 0.05) is 19.0 Å². The van der Waals surface area contributed by atoms with Crippen molar-refractivity contribution >= 4 is 27.5 Å². The summed E-state index contributed by atoms with van der Waals surface area (Å²) in [6.45, 7) is 1.79. The van der Waals surface area contributed by atoms with Crippen molar-refractivity contribution in [2.24, 2.45) is 5.92 Å². The highest BCUT2D eigenvalue weighted by molar-refractivity contribution is 7.16. The Balaban J connectivity index is 1.33. The quantitative estimate of drug-likeness (QED) is 0.899. The van der Waals surface area contributed by atoms with Crippen LogP contribution in [0.25, 0.3) is 10.2 Å². The van der Waals surface area contributed by atoms with Crippen LogP contribution in [0.15, 0.2) is 23.7 Å². The number of benzene rings is 1. The zero-order valence-electron chi connectivity index (χ0n) is 11.5. The van der Waals surface area contributed by atoms with E-state index in [-0.39, 0.29) is 17.9 Å². The first-order valence-electron chi connectivity index (χ1n) is 7.29. The van der Waals surface area contributed by atoms with Crippen LogP contribution in [0.4, 0.5) is 0 Å². The predicted octanol–water partition coefficient (Wildman–Crippen LogP) is 1.54. The third-order valence-corrected chi connectivity index (χ3v) is 5.00. The monoisotopic (exact) mass is 303 g/mol. The summed E-state index contributed by atoms with van der Waals surface area (Å²) in [5, 5.41) is 6.21. The normalized spacial score (nSPS) is 25.1. The topological polar surface area (TPSA) is 63.2 Å². The van der Waals surface area contributed by atoms with Crippen LogP contribution in [0, 0.1) is 5.92 Å². The van der Waals surface area contributed by atoms with Crippen LogP contribution < -0.4 is 15.4 Å². The summed E-state index contributed by atoms with van der Waals surface area (Å²) in [5.74, 6) is 1.11. The van der Waals surface area contributed by atoms with Crippen LogP contribution in [0.1, 0.15) is 12.8 Å². The van der Waals surface area contributed by atoms with Gasteiger partial charge in [-0.1, -0.05) is 6.07 Å². The number of amides is 1. The summed E-state index contributed by atoms with van der Waals surface area (Å²) < 4.78 is 7.14. The summed E-state index contributed by atoms with van der Waals surface area (Å²) >= 11 is 1.61. The maximum Gasteiger partial charge on any atom is 0.223 e. The van der Waals surface area contributed by atoms with E-state index in [4.69, 9.17) is 4.74 Å². The Hall–Kier alpha value is -1.66. The van der Waals surface area contributed by atoms with Gasteiger partial charge in [0.05, 0.1) is 16.3 Å². The van der Waals surface area contributed by atoms with Gasteiger partial charge in [0.1, 0.15) is 17.4 Å². The van der Waals surface area contributed by atoms with Crippen molar-refractivity contribution in [2.45, 2.75) is 25.0 Å². The van der Waals surface area contributed by atoms with Gasteiger partial charge in [-0.2, -0.15) is 0 Å². The minimum atomic E-state index is 0.102. The van der Waals surface area contributed by atoms with Crippen LogP contribution in [0.2, 0.25) is 0 Å². The van der Waals surface area contributed by atoms with Crippen LogP contribution in [-0.4, -0.2) is 36.1 Å². The van der Waals surface area contributed by atoms with Gasteiger partial charge in [-0.25, -0.2) is 4.98 Å². The second-order valence-electron chi connectivity index (χ2n) is 5.73. The lowest BCUT2D eigenvalue weighted by atomic mass is 9.81. The first-order valence-corrected chi connectivity index (χ1v) is 8.17. The second-order valence-corrected chi connectivity index (χ2v) is 6.61. The number of rotatable bonds is 4. The van der Waals surface area contributed by atoms with Gasteiger partial charge in [0.2, 0.25) is 5.91 Å².